The van der Waals surface area contributed by atoms with Crippen LogP contribution in [0.1, 0.15) is 16.1 Å². The minimum atomic E-state index is -4.78. The standard InChI is InChI=1S/C18H12F3N5O2S/c19-18(20,21)28-12-6-7-13-15(8-12)29-17(22-13)23-16(27)14-10-26(25-24-14)9-11-4-2-1-3-5-11/h1-8,10H,9H2,(H,22,23,27). The largest absolute Gasteiger partial charge is 0.573 e. The highest BCUT2D eigenvalue weighted by Gasteiger charge is 2.31. The maximum absolute atomic E-state index is 12.4. The van der Waals surface area contributed by atoms with Crippen molar-refractivity contribution in [2.45, 2.75) is 12.9 Å². The van der Waals surface area contributed by atoms with Crippen molar-refractivity contribution < 1.29 is 22.7 Å². The third-order valence-corrected chi connectivity index (χ3v) is 4.71. The van der Waals surface area contributed by atoms with Crippen molar-refractivity contribution in [3.05, 3.63) is 66.0 Å². The van der Waals surface area contributed by atoms with Gasteiger partial charge in [0.2, 0.25) is 0 Å². The fourth-order valence-electron chi connectivity index (χ4n) is 2.57. The van der Waals surface area contributed by atoms with E-state index in [1.54, 1.807) is 0 Å². The maximum Gasteiger partial charge on any atom is 0.573 e. The van der Waals surface area contributed by atoms with Crippen LogP contribution in [0.15, 0.2) is 54.7 Å². The van der Waals surface area contributed by atoms with Gasteiger partial charge in [0, 0.05) is 6.07 Å². The Balaban J connectivity index is 1.46. The minimum Gasteiger partial charge on any atom is -0.406 e. The SMILES string of the molecule is O=C(Nc1nc2ccc(OC(F)(F)F)cc2s1)c1cn(Cc2ccccc2)nn1. The number of thiazole rings is 1. The van der Waals surface area contributed by atoms with Crippen LogP contribution in [0.4, 0.5) is 18.3 Å². The molecule has 0 aliphatic rings. The highest BCUT2D eigenvalue weighted by Crippen LogP contribution is 2.31. The van der Waals surface area contributed by atoms with Gasteiger partial charge in [-0.05, 0) is 17.7 Å². The van der Waals surface area contributed by atoms with Gasteiger partial charge in [-0.1, -0.05) is 46.9 Å². The molecule has 2 heterocycles. The van der Waals surface area contributed by atoms with Gasteiger partial charge in [0.05, 0.1) is 23.0 Å². The molecule has 2 aromatic carbocycles. The quantitative estimate of drug-likeness (QED) is 0.527. The highest BCUT2D eigenvalue weighted by atomic mass is 32.1. The van der Waals surface area contributed by atoms with Crippen molar-refractivity contribution in [2.24, 2.45) is 0 Å². The topological polar surface area (TPSA) is 81.9 Å². The molecule has 4 rings (SSSR count). The van der Waals surface area contributed by atoms with Gasteiger partial charge in [0.1, 0.15) is 5.75 Å². The second kappa shape index (κ2) is 7.51. The summed E-state index contributed by atoms with van der Waals surface area (Å²) >= 11 is 1.02. The van der Waals surface area contributed by atoms with Gasteiger partial charge in [-0.2, -0.15) is 0 Å². The summed E-state index contributed by atoms with van der Waals surface area (Å²) in [5.41, 5.74) is 1.54. The second-order valence-electron chi connectivity index (χ2n) is 5.94. The Bertz CT molecular complexity index is 1160. The van der Waals surface area contributed by atoms with Gasteiger partial charge in [-0.3, -0.25) is 10.1 Å². The molecule has 29 heavy (non-hydrogen) atoms. The van der Waals surface area contributed by atoms with E-state index in [9.17, 15) is 18.0 Å². The molecule has 4 aromatic rings. The first-order valence-corrected chi connectivity index (χ1v) is 9.09. The molecule has 2 aromatic heterocycles. The van der Waals surface area contributed by atoms with Crippen LogP contribution in [0.25, 0.3) is 10.2 Å². The number of ether oxygens (including phenoxy) is 1. The average molecular weight is 419 g/mol. The molecular formula is C18H12F3N5O2S. The first kappa shape index (κ1) is 18.9. The Hall–Kier alpha value is -3.47. The number of anilines is 1. The molecule has 0 saturated heterocycles. The number of nitrogens with one attached hydrogen (secondary N) is 1. The van der Waals surface area contributed by atoms with Gasteiger partial charge in [0.25, 0.3) is 5.91 Å². The van der Waals surface area contributed by atoms with E-state index in [1.165, 1.54) is 23.0 Å². The monoisotopic (exact) mass is 419 g/mol. The van der Waals surface area contributed by atoms with Crippen LogP contribution in [0.3, 0.4) is 0 Å². The zero-order chi connectivity index (χ0) is 20.4. The fraction of sp³-hybridized carbons (Fsp3) is 0.111. The Morgan fingerprint density at radius 3 is 2.72 bits per heavy atom. The van der Waals surface area contributed by atoms with E-state index >= 15 is 0 Å². The molecule has 11 heteroatoms. The number of hydrogen-bond donors (Lipinski definition) is 1. The fourth-order valence-corrected chi connectivity index (χ4v) is 3.46. The molecule has 0 radical (unpaired) electrons. The Morgan fingerprint density at radius 2 is 1.97 bits per heavy atom. The van der Waals surface area contributed by atoms with E-state index in [0.29, 0.717) is 16.8 Å². The summed E-state index contributed by atoms with van der Waals surface area (Å²) in [4.78, 5) is 16.6. The molecule has 0 aliphatic carbocycles. The summed E-state index contributed by atoms with van der Waals surface area (Å²) < 4.78 is 42.9. The zero-order valence-electron chi connectivity index (χ0n) is 14.6. The molecule has 0 bridgehead atoms. The molecule has 0 spiro atoms. The van der Waals surface area contributed by atoms with Crippen LogP contribution in [-0.2, 0) is 6.54 Å². The lowest BCUT2D eigenvalue weighted by Gasteiger charge is -2.07. The lowest BCUT2D eigenvalue weighted by atomic mass is 10.2. The summed E-state index contributed by atoms with van der Waals surface area (Å²) in [6.07, 6.45) is -3.27. The van der Waals surface area contributed by atoms with Crippen molar-refractivity contribution in [2.75, 3.05) is 5.32 Å². The van der Waals surface area contributed by atoms with E-state index < -0.39 is 12.3 Å². The number of benzene rings is 2. The van der Waals surface area contributed by atoms with Gasteiger partial charge < -0.3 is 4.74 Å². The summed E-state index contributed by atoms with van der Waals surface area (Å²) in [6, 6.07) is 13.3. The Morgan fingerprint density at radius 1 is 1.17 bits per heavy atom. The lowest BCUT2D eigenvalue weighted by molar-refractivity contribution is -0.274. The zero-order valence-corrected chi connectivity index (χ0v) is 15.4. The van der Waals surface area contributed by atoms with E-state index in [4.69, 9.17) is 0 Å². The average Bonchev–Trinajstić information content (AvgIpc) is 3.27. The van der Waals surface area contributed by atoms with Crippen LogP contribution < -0.4 is 10.1 Å². The normalized spacial score (nSPS) is 11.6. The number of carbonyl (C=O) groups excluding carboxylic acids is 1. The number of amides is 1. The van der Waals surface area contributed by atoms with Crippen molar-refractivity contribution in [3.8, 4) is 5.75 Å². The molecule has 1 amide bonds. The smallest absolute Gasteiger partial charge is 0.406 e. The first-order chi connectivity index (χ1) is 13.9. The molecule has 0 fully saturated rings. The van der Waals surface area contributed by atoms with Crippen molar-refractivity contribution in [1.29, 1.82) is 0 Å². The van der Waals surface area contributed by atoms with Crippen LogP contribution in [0, 0.1) is 0 Å². The first-order valence-electron chi connectivity index (χ1n) is 8.27. The van der Waals surface area contributed by atoms with Gasteiger partial charge in [-0.25, -0.2) is 9.67 Å². The predicted molar refractivity (Wildman–Crippen MR) is 99.8 cm³/mol. The van der Waals surface area contributed by atoms with Crippen molar-refractivity contribution in [3.63, 3.8) is 0 Å². The molecule has 7 nitrogen and oxygen atoms in total. The van der Waals surface area contributed by atoms with E-state index in [-0.39, 0.29) is 16.6 Å². The van der Waals surface area contributed by atoms with Gasteiger partial charge in [0.15, 0.2) is 10.8 Å². The molecule has 0 aliphatic heterocycles. The van der Waals surface area contributed by atoms with Gasteiger partial charge >= 0.3 is 6.36 Å². The number of nitrogens with zero attached hydrogens (tertiary/aromatic N) is 4. The van der Waals surface area contributed by atoms with Gasteiger partial charge in [-0.15, -0.1) is 18.3 Å². The van der Waals surface area contributed by atoms with E-state index in [2.05, 4.69) is 25.3 Å². The molecule has 1 N–H and O–H groups in total. The Kier molecular flexibility index (Phi) is 4.89. The number of halogens is 3. The van der Waals surface area contributed by atoms with E-state index in [0.717, 1.165) is 23.0 Å². The van der Waals surface area contributed by atoms with Crippen LogP contribution in [0.2, 0.25) is 0 Å². The number of fused-ring (bicyclic) bond motifs is 1. The number of alkyl halides is 3. The molecule has 0 atom stereocenters. The van der Waals surface area contributed by atoms with E-state index in [1.807, 2.05) is 30.3 Å². The van der Waals surface area contributed by atoms with Crippen LogP contribution >= 0.6 is 11.3 Å². The number of rotatable bonds is 5. The van der Waals surface area contributed by atoms with Crippen molar-refractivity contribution in [1.82, 2.24) is 20.0 Å². The highest BCUT2D eigenvalue weighted by molar-refractivity contribution is 7.22. The third kappa shape index (κ3) is 4.69. The summed E-state index contributed by atoms with van der Waals surface area (Å²) in [7, 11) is 0. The summed E-state index contributed by atoms with van der Waals surface area (Å²) in [5.74, 6) is -0.870. The number of aromatic nitrogens is 4. The van der Waals surface area contributed by atoms with Crippen LogP contribution in [0.5, 0.6) is 5.75 Å². The molecule has 0 unspecified atom stereocenters. The minimum absolute atomic E-state index is 0.0984. The molecule has 148 valence electrons. The number of carbonyl (C=O) groups is 1. The van der Waals surface area contributed by atoms with Crippen molar-refractivity contribution >= 4 is 32.6 Å². The molecule has 0 saturated carbocycles. The number of hydrogen-bond acceptors (Lipinski definition) is 6. The maximum atomic E-state index is 12.4. The predicted octanol–water partition coefficient (Wildman–Crippen LogP) is 4.09. The summed E-state index contributed by atoms with van der Waals surface area (Å²) in [5, 5.41) is 10.6. The summed E-state index contributed by atoms with van der Waals surface area (Å²) in [6.45, 7) is 0.463. The molecular weight excluding hydrogens is 407 g/mol. The second-order valence-corrected chi connectivity index (χ2v) is 6.97. The van der Waals surface area contributed by atoms with Crippen LogP contribution in [-0.4, -0.2) is 32.2 Å². The lowest BCUT2D eigenvalue weighted by Crippen LogP contribution is -2.16. The Labute approximate surface area is 165 Å². The third-order valence-electron chi connectivity index (χ3n) is 3.77.